The van der Waals surface area contributed by atoms with Gasteiger partial charge in [-0.3, -0.25) is 9.59 Å². The molecule has 0 N–H and O–H groups in total. The second-order valence-electron chi connectivity index (χ2n) is 11.7. The molecule has 0 radical (unpaired) electrons. The van der Waals surface area contributed by atoms with Crippen molar-refractivity contribution in [3.8, 4) is 0 Å². The highest BCUT2D eigenvalue weighted by Crippen LogP contribution is 2.61. The summed E-state index contributed by atoms with van der Waals surface area (Å²) in [4.78, 5) is 24.1. The van der Waals surface area contributed by atoms with Gasteiger partial charge in [0.1, 0.15) is 0 Å². The SMILES string of the molecule is CC(=O)O[C@H]1C(=O)CCc2c1ccc1c2CC[C@@]2(C)[C@@H]1CC[C@@H]2[C@H](C)CC[C@H](C)C(C)C. The van der Waals surface area contributed by atoms with Crippen LogP contribution in [0.25, 0.3) is 0 Å². The van der Waals surface area contributed by atoms with Crippen LogP contribution in [0, 0.1) is 29.1 Å². The van der Waals surface area contributed by atoms with Crippen LogP contribution in [0.4, 0.5) is 0 Å². The summed E-state index contributed by atoms with van der Waals surface area (Å²) in [6.07, 6.45) is 8.21. The van der Waals surface area contributed by atoms with Crippen molar-refractivity contribution in [3.05, 3.63) is 34.4 Å². The van der Waals surface area contributed by atoms with Gasteiger partial charge in [-0.25, -0.2) is 0 Å². The van der Waals surface area contributed by atoms with Gasteiger partial charge >= 0.3 is 5.97 Å². The molecule has 3 nitrogen and oxygen atoms in total. The highest BCUT2D eigenvalue weighted by molar-refractivity contribution is 5.89. The van der Waals surface area contributed by atoms with Crippen molar-refractivity contribution >= 4 is 11.8 Å². The molecule has 1 fully saturated rings. The van der Waals surface area contributed by atoms with Crippen molar-refractivity contribution in [2.75, 3.05) is 0 Å². The molecule has 1 aromatic carbocycles. The minimum absolute atomic E-state index is 0.0404. The van der Waals surface area contributed by atoms with Gasteiger partial charge < -0.3 is 4.74 Å². The highest BCUT2D eigenvalue weighted by atomic mass is 16.5. The molecular weight excluding hydrogens is 396 g/mol. The molecule has 1 saturated carbocycles. The van der Waals surface area contributed by atoms with E-state index in [1.54, 1.807) is 0 Å². The number of hydrogen-bond acceptors (Lipinski definition) is 3. The zero-order valence-electron chi connectivity index (χ0n) is 21.0. The van der Waals surface area contributed by atoms with Gasteiger partial charge in [-0.2, -0.15) is 0 Å². The first-order valence-corrected chi connectivity index (χ1v) is 13.0. The van der Waals surface area contributed by atoms with Gasteiger partial charge in [0, 0.05) is 18.9 Å². The molecule has 0 heterocycles. The monoisotopic (exact) mass is 438 g/mol. The minimum Gasteiger partial charge on any atom is -0.450 e. The molecule has 0 unspecified atom stereocenters. The van der Waals surface area contributed by atoms with E-state index in [0.29, 0.717) is 17.8 Å². The highest BCUT2D eigenvalue weighted by Gasteiger charge is 2.51. The van der Waals surface area contributed by atoms with Gasteiger partial charge in [0.05, 0.1) is 0 Å². The molecule has 3 aliphatic rings. The van der Waals surface area contributed by atoms with Crippen LogP contribution in [0.2, 0.25) is 0 Å². The first-order chi connectivity index (χ1) is 15.1. The van der Waals surface area contributed by atoms with E-state index in [1.165, 1.54) is 55.7 Å². The number of benzene rings is 1. The number of Topliss-reactive ketones (excluding diaryl/α,β-unsaturated/α-hetero) is 1. The topological polar surface area (TPSA) is 43.4 Å². The summed E-state index contributed by atoms with van der Waals surface area (Å²) >= 11 is 0. The van der Waals surface area contributed by atoms with Gasteiger partial charge in [-0.05, 0) is 83.8 Å². The normalized spacial score (nSPS) is 31.0. The van der Waals surface area contributed by atoms with Gasteiger partial charge in [0.15, 0.2) is 11.9 Å². The Morgan fingerprint density at radius 3 is 2.41 bits per heavy atom. The number of carbonyl (C=O) groups is 2. The van der Waals surface area contributed by atoms with E-state index in [2.05, 4.69) is 46.8 Å². The number of hydrogen-bond donors (Lipinski definition) is 0. The molecule has 3 heteroatoms. The van der Waals surface area contributed by atoms with Crippen LogP contribution < -0.4 is 0 Å². The molecule has 0 amide bonds. The summed E-state index contributed by atoms with van der Waals surface area (Å²) in [6.45, 7) is 13.6. The van der Waals surface area contributed by atoms with Crippen molar-refractivity contribution in [2.24, 2.45) is 29.1 Å². The fraction of sp³-hybridized carbons (Fsp3) is 0.724. The maximum atomic E-state index is 12.5. The van der Waals surface area contributed by atoms with Crippen LogP contribution in [0.15, 0.2) is 12.1 Å². The van der Waals surface area contributed by atoms with E-state index in [1.807, 2.05) is 0 Å². The molecule has 3 aliphatic carbocycles. The predicted octanol–water partition coefficient (Wildman–Crippen LogP) is 6.96. The molecule has 0 aromatic heterocycles. The summed E-state index contributed by atoms with van der Waals surface area (Å²) in [7, 11) is 0. The lowest BCUT2D eigenvalue weighted by molar-refractivity contribution is -0.154. The third-order valence-electron chi connectivity index (χ3n) is 9.58. The maximum Gasteiger partial charge on any atom is 0.303 e. The van der Waals surface area contributed by atoms with E-state index in [-0.39, 0.29) is 11.8 Å². The number of ether oxygens (including phenoxy) is 1. The number of rotatable bonds is 6. The Kier molecular flexibility index (Phi) is 6.58. The van der Waals surface area contributed by atoms with Gasteiger partial charge in [0.25, 0.3) is 0 Å². The van der Waals surface area contributed by atoms with Crippen LogP contribution in [0.5, 0.6) is 0 Å². The zero-order chi connectivity index (χ0) is 23.2. The lowest BCUT2D eigenvalue weighted by Crippen LogP contribution is -2.36. The Morgan fingerprint density at radius 1 is 1.03 bits per heavy atom. The maximum absolute atomic E-state index is 12.5. The Labute approximate surface area is 194 Å². The lowest BCUT2D eigenvalue weighted by Gasteiger charge is -2.45. The summed E-state index contributed by atoms with van der Waals surface area (Å²) in [5.74, 6) is 3.43. The third kappa shape index (κ3) is 4.05. The summed E-state index contributed by atoms with van der Waals surface area (Å²) in [6, 6.07) is 4.38. The standard InChI is InChI=1S/C29H42O3/c1-17(2)18(3)7-8-19(4)25-12-13-26-23-9-10-24-21(22(23)15-16-29(25,26)6)11-14-27(31)28(24)32-20(5)30/h9-10,17-19,25-26,28H,7-8,11-16H2,1-6H3/t18-,19+,25+,26+,28+,29+/m0/s1. The van der Waals surface area contributed by atoms with Crippen LogP contribution in [0.1, 0.15) is 114 Å². The molecule has 176 valence electrons. The molecule has 32 heavy (non-hydrogen) atoms. The summed E-state index contributed by atoms with van der Waals surface area (Å²) in [5.41, 5.74) is 5.62. The van der Waals surface area contributed by atoms with Crippen molar-refractivity contribution in [1.29, 1.82) is 0 Å². The number of ketones is 1. The summed E-state index contributed by atoms with van der Waals surface area (Å²) < 4.78 is 5.45. The van der Waals surface area contributed by atoms with Gasteiger partial charge in [-0.15, -0.1) is 0 Å². The fourth-order valence-electron chi connectivity index (χ4n) is 7.26. The number of carbonyl (C=O) groups excluding carboxylic acids is 2. The molecule has 0 saturated heterocycles. The molecule has 0 spiro atoms. The smallest absolute Gasteiger partial charge is 0.303 e. The number of fused-ring (bicyclic) bond motifs is 5. The zero-order valence-corrected chi connectivity index (χ0v) is 21.0. The van der Waals surface area contributed by atoms with E-state index in [9.17, 15) is 9.59 Å². The van der Waals surface area contributed by atoms with Crippen molar-refractivity contribution < 1.29 is 14.3 Å². The second-order valence-corrected chi connectivity index (χ2v) is 11.7. The Bertz CT molecular complexity index is 885. The lowest BCUT2D eigenvalue weighted by atomic mass is 9.59. The van der Waals surface area contributed by atoms with Crippen LogP contribution >= 0.6 is 0 Å². The summed E-state index contributed by atoms with van der Waals surface area (Å²) in [5, 5.41) is 0. The van der Waals surface area contributed by atoms with Gasteiger partial charge in [-0.1, -0.05) is 59.6 Å². The Morgan fingerprint density at radius 2 is 1.72 bits per heavy atom. The van der Waals surface area contributed by atoms with Crippen molar-refractivity contribution in [2.45, 2.75) is 105 Å². The molecule has 0 bridgehead atoms. The van der Waals surface area contributed by atoms with Crippen molar-refractivity contribution in [1.82, 2.24) is 0 Å². The average molecular weight is 439 g/mol. The van der Waals surface area contributed by atoms with Crippen molar-refractivity contribution in [3.63, 3.8) is 0 Å². The average Bonchev–Trinajstić information content (AvgIpc) is 3.10. The Balaban J connectivity index is 1.58. The van der Waals surface area contributed by atoms with E-state index in [4.69, 9.17) is 4.74 Å². The first kappa shape index (κ1) is 23.5. The van der Waals surface area contributed by atoms with Gasteiger partial charge in [0.2, 0.25) is 0 Å². The molecule has 4 rings (SSSR count). The van der Waals surface area contributed by atoms with E-state index < -0.39 is 6.10 Å². The van der Waals surface area contributed by atoms with Crippen LogP contribution in [-0.2, 0) is 27.2 Å². The fourth-order valence-corrected chi connectivity index (χ4v) is 7.26. The molecule has 6 atom stereocenters. The third-order valence-corrected chi connectivity index (χ3v) is 9.58. The van der Waals surface area contributed by atoms with E-state index in [0.717, 1.165) is 42.1 Å². The Hall–Kier alpha value is -1.64. The van der Waals surface area contributed by atoms with Crippen LogP contribution in [0.3, 0.4) is 0 Å². The van der Waals surface area contributed by atoms with Crippen LogP contribution in [-0.4, -0.2) is 11.8 Å². The molecular formula is C29H42O3. The quantitative estimate of drug-likeness (QED) is 0.451. The minimum atomic E-state index is -0.700. The first-order valence-electron chi connectivity index (χ1n) is 13.0. The second kappa shape index (κ2) is 8.95. The number of esters is 1. The largest absolute Gasteiger partial charge is 0.450 e. The predicted molar refractivity (Wildman–Crippen MR) is 129 cm³/mol. The molecule has 0 aliphatic heterocycles. The van der Waals surface area contributed by atoms with E-state index >= 15 is 0 Å². The molecule has 1 aromatic rings.